The van der Waals surface area contributed by atoms with Crippen molar-refractivity contribution in [2.24, 2.45) is 0 Å². The van der Waals surface area contributed by atoms with Crippen LogP contribution >= 0.6 is 0 Å². The Morgan fingerprint density at radius 3 is 2.24 bits per heavy atom. The molecule has 0 aliphatic rings. The van der Waals surface area contributed by atoms with Crippen LogP contribution in [0, 0.1) is 13.8 Å². The number of aromatic nitrogens is 2. The first-order valence-corrected chi connectivity index (χ1v) is 8.99. The highest BCUT2D eigenvalue weighted by Gasteiger charge is 2.29. The molecule has 0 atom stereocenters. The first-order chi connectivity index (χ1) is 9.89. The van der Waals surface area contributed by atoms with E-state index in [0.717, 1.165) is 12.8 Å². The van der Waals surface area contributed by atoms with Gasteiger partial charge in [0.25, 0.3) is 0 Å². The van der Waals surface area contributed by atoms with Crippen LogP contribution in [0.3, 0.4) is 0 Å². The van der Waals surface area contributed by atoms with Crippen molar-refractivity contribution in [2.45, 2.75) is 58.4 Å². The summed E-state index contributed by atoms with van der Waals surface area (Å²) in [6.45, 7) is 9.10. The molecule has 1 aromatic heterocycles. The van der Waals surface area contributed by atoms with Gasteiger partial charge in [-0.1, -0.05) is 13.8 Å². The molecule has 0 saturated carbocycles. The third-order valence-corrected chi connectivity index (χ3v) is 5.54. The molecular formula is C14H27N3O3S. The van der Waals surface area contributed by atoms with Gasteiger partial charge >= 0.3 is 0 Å². The first-order valence-electron chi connectivity index (χ1n) is 7.55. The van der Waals surface area contributed by atoms with Crippen molar-refractivity contribution in [3.8, 4) is 0 Å². The molecule has 1 aromatic rings. The maximum Gasteiger partial charge on any atom is 0.246 e. The van der Waals surface area contributed by atoms with Crippen molar-refractivity contribution < 1.29 is 13.5 Å². The van der Waals surface area contributed by atoms with Crippen LogP contribution in [0.4, 0.5) is 0 Å². The zero-order valence-electron chi connectivity index (χ0n) is 13.5. The third-order valence-electron chi connectivity index (χ3n) is 3.39. The fourth-order valence-corrected chi connectivity index (χ4v) is 4.47. The Morgan fingerprint density at radius 1 is 1.19 bits per heavy atom. The van der Waals surface area contributed by atoms with Gasteiger partial charge in [-0.15, -0.1) is 0 Å². The number of hydrogen-bond acceptors (Lipinski definition) is 4. The van der Waals surface area contributed by atoms with E-state index < -0.39 is 10.0 Å². The van der Waals surface area contributed by atoms with Crippen LogP contribution in [-0.4, -0.2) is 47.3 Å². The Labute approximate surface area is 127 Å². The topological polar surface area (TPSA) is 75.4 Å². The van der Waals surface area contributed by atoms with Crippen molar-refractivity contribution in [1.82, 2.24) is 14.1 Å². The predicted octanol–water partition coefficient (Wildman–Crippen LogP) is 1.69. The molecule has 0 bridgehead atoms. The number of aliphatic hydroxyl groups is 1. The number of aryl methyl sites for hydroxylation is 2. The van der Waals surface area contributed by atoms with Gasteiger partial charge in [0.15, 0.2) is 0 Å². The fraction of sp³-hybridized carbons (Fsp3) is 0.786. The van der Waals surface area contributed by atoms with E-state index in [1.54, 1.807) is 22.8 Å². The van der Waals surface area contributed by atoms with Gasteiger partial charge in [-0.05, 0) is 33.1 Å². The normalized spacial score (nSPS) is 12.3. The molecular weight excluding hydrogens is 290 g/mol. The van der Waals surface area contributed by atoms with Gasteiger partial charge < -0.3 is 5.11 Å². The number of sulfonamides is 1. The average molecular weight is 317 g/mol. The minimum Gasteiger partial charge on any atom is -0.396 e. The number of hydrogen-bond donors (Lipinski definition) is 1. The Hall–Kier alpha value is -0.920. The molecule has 0 radical (unpaired) electrons. The van der Waals surface area contributed by atoms with Crippen LogP contribution in [0.5, 0.6) is 0 Å². The Kier molecular flexibility index (Phi) is 6.83. The molecule has 0 fully saturated rings. The lowest BCUT2D eigenvalue weighted by atomic mass is 10.4. The molecule has 1 rings (SSSR count). The van der Waals surface area contributed by atoms with Crippen molar-refractivity contribution >= 4 is 10.0 Å². The molecule has 0 amide bonds. The van der Waals surface area contributed by atoms with E-state index in [-0.39, 0.29) is 6.61 Å². The van der Waals surface area contributed by atoms with Crippen LogP contribution < -0.4 is 0 Å². The average Bonchev–Trinajstić information content (AvgIpc) is 2.71. The second kappa shape index (κ2) is 7.91. The van der Waals surface area contributed by atoms with E-state index >= 15 is 0 Å². The second-order valence-corrected chi connectivity index (χ2v) is 7.08. The van der Waals surface area contributed by atoms with Gasteiger partial charge in [0.2, 0.25) is 10.0 Å². The standard InChI is InChI=1S/C14H27N3O3S/c1-5-8-16(9-6-2)21(19,20)14-12(3)15-17(13(14)4)10-7-11-18/h18H,5-11H2,1-4H3. The highest BCUT2D eigenvalue weighted by Crippen LogP contribution is 2.24. The van der Waals surface area contributed by atoms with E-state index in [0.29, 0.717) is 42.3 Å². The molecule has 0 aliphatic heterocycles. The molecule has 7 heteroatoms. The SMILES string of the molecule is CCCN(CCC)S(=O)(=O)c1c(C)nn(CCCO)c1C. The van der Waals surface area contributed by atoms with E-state index in [1.807, 2.05) is 13.8 Å². The summed E-state index contributed by atoms with van der Waals surface area (Å²) in [5.74, 6) is 0. The van der Waals surface area contributed by atoms with Gasteiger partial charge in [0, 0.05) is 26.2 Å². The molecule has 1 N–H and O–H groups in total. The lowest BCUT2D eigenvalue weighted by Gasteiger charge is -2.21. The van der Waals surface area contributed by atoms with E-state index in [9.17, 15) is 8.42 Å². The molecule has 6 nitrogen and oxygen atoms in total. The van der Waals surface area contributed by atoms with Crippen molar-refractivity contribution in [3.05, 3.63) is 11.4 Å². The largest absolute Gasteiger partial charge is 0.396 e. The molecule has 0 unspecified atom stereocenters. The quantitative estimate of drug-likeness (QED) is 0.752. The van der Waals surface area contributed by atoms with Crippen molar-refractivity contribution in [3.63, 3.8) is 0 Å². The number of aliphatic hydroxyl groups excluding tert-OH is 1. The van der Waals surface area contributed by atoms with Crippen LogP contribution in [0.15, 0.2) is 4.90 Å². The van der Waals surface area contributed by atoms with Crippen molar-refractivity contribution in [2.75, 3.05) is 19.7 Å². The lowest BCUT2D eigenvalue weighted by Crippen LogP contribution is -2.33. The zero-order valence-corrected chi connectivity index (χ0v) is 14.3. The fourth-order valence-electron chi connectivity index (χ4n) is 2.47. The predicted molar refractivity (Wildman–Crippen MR) is 82.7 cm³/mol. The molecule has 0 aromatic carbocycles. The maximum absolute atomic E-state index is 12.9. The highest BCUT2D eigenvalue weighted by atomic mass is 32.2. The van der Waals surface area contributed by atoms with E-state index in [2.05, 4.69) is 5.10 Å². The molecule has 0 spiro atoms. The number of nitrogens with zero attached hydrogens (tertiary/aromatic N) is 3. The summed E-state index contributed by atoms with van der Waals surface area (Å²) in [6.07, 6.45) is 2.14. The summed E-state index contributed by atoms with van der Waals surface area (Å²) in [7, 11) is -3.50. The van der Waals surface area contributed by atoms with Gasteiger partial charge in [-0.3, -0.25) is 4.68 Å². The maximum atomic E-state index is 12.9. The smallest absolute Gasteiger partial charge is 0.246 e. The van der Waals surface area contributed by atoms with E-state index in [1.165, 1.54) is 0 Å². The second-order valence-electron chi connectivity index (χ2n) is 5.20. The molecule has 21 heavy (non-hydrogen) atoms. The van der Waals surface area contributed by atoms with Gasteiger partial charge in [0.05, 0.1) is 11.4 Å². The Morgan fingerprint density at radius 2 is 1.76 bits per heavy atom. The van der Waals surface area contributed by atoms with Gasteiger partial charge in [0.1, 0.15) is 4.90 Å². The monoisotopic (exact) mass is 317 g/mol. The summed E-state index contributed by atoms with van der Waals surface area (Å²) < 4.78 is 28.9. The first kappa shape index (κ1) is 18.1. The van der Waals surface area contributed by atoms with Crippen LogP contribution in [-0.2, 0) is 16.6 Å². The van der Waals surface area contributed by atoms with E-state index in [4.69, 9.17) is 5.11 Å². The minimum atomic E-state index is -3.50. The van der Waals surface area contributed by atoms with Crippen LogP contribution in [0.25, 0.3) is 0 Å². The number of rotatable bonds is 9. The third kappa shape index (κ3) is 4.05. The van der Waals surface area contributed by atoms with Crippen molar-refractivity contribution in [1.29, 1.82) is 0 Å². The minimum absolute atomic E-state index is 0.0677. The summed E-state index contributed by atoms with van der Waals surface area (Å²) in [5.41, 5.74) is 1.18. The van der Waals surface area contributed by atoms with Gasteiger partial charge in [-0.25, -0.2) is 8.42 Å². The van der Waals surface area contributed by atoms with Crippen LogP contribution in [0.2, 0.25) is 0 Å². The Balaban J connectivity index is 3.20. The molecule has 1 heterocycles. The molecule has 0 saturated heterocycles. The summed E-state index contributed by atoms with van der Waals surface area (Å²) in [4.78, 5) is 0.322. The summed E-state index contributed by atoms with van der Waals surface area (Å²) >= 11 is 0. The Bertz CT molecular complexity index is 546. The highest BCUT2D eigenvalue weighted by molar-refractivity contribution is 7.89. The molecule has 122 valence electrons. The summed E-state index contributed by atoms with van der Waals surface area (Å²) in [6, 6.07) is 0. The zero-order chi connectivity index (χ0) is 16.0. The molecule has 0 aliphatic carbocycles. The van der Waals surface area contributed by atoms with Gasteiger partial charge in [-0.2, -0.15) is 9.40 Å². The summed E-state index contributed by atoms with van der Waals surface area (Å²) in [5, 5.41) is 13.2. The lowest BCUT2D eigenvalue weighted by molar-refractivity contribution is 0.276. The van der Waals surface area contributed by atoms with Crippen LogP contribution in [0.1, 0.15) is 44.5 Å².